The second kappa shape index (κ2) is 7.59. The van der Waals surface area contributed by atoms with Crippen molar-refractivity contribution in [2.75, 3.05) is 24.1 Å². The van der Waals surface area contributed by atoms with Crippen molar-refractivity contribution in [1.29, 1.82) is 0 Å². The van der Waals surface area contributed by atoms with Gasteiger partial charge in [0.15, 0.2) is 5.82 Å². The summed E-state index contributed by atoms with van der Waals surface area (Å²) in [6.45, 7) is -2.07. The van der Waals surface area contributed by atoms with Crippen molar-refractivity contribution in [1.82, 2.24) is 4.72 Å². The lowest BCUT2D eigenvalue weighted by Gasteiger charge is -2.18. The van der Waals surface area contributed by atoms with Gasteiger partial charge in [-0.25, -0.2) is 22.2 Å². The molecule has 1 amide bonds. The van der Waals surface area contributed by atoms with E-state index < -0.39 is 58.9 Å². The summed E-state index contributed by atoms with van der Waals surface area (Å²) in [5.74, 6) is -5.70. The highest BCUT2D eigenvalue weighted by molar-refractivity contribution is 7.92. The van der Waals surface area contributed by atoms with Crippen LogP contribution in [0.25, 0.3) is 10.8 Å². The van der Waals surface area contributed by atoms with Gasteiger partial charge in [0.25, 0.3) is 11.8 Å². The van der Waals surface area contributed by atoms with Crippen LogP contribution in [0.15, 0.2) is 24.3 Å². The number of benzene rings is 2. The van der Waals surface area contributed by atoms with Gasteiger partial charge in [-0.3, -0.25) is 4.79 Å². The number of carbonyl (C=O) groups is 1. The Bertz CT molecular complexity index is 1060. The largest absolute Gasteiger partial charge is 0.506 e. The second-order valence-electron chi connectivity index (χ2n) is 6.44. The van der Waals surface area contributed by atoms with Gasteiger partial charge in [0.1, 0.15) is 30.3 Å². The number of hydrogen-bond acceptors (Lipinski definition) is 6. The summed E-state index contributed by atoms with van der Waals surface area (Å²) in [5, 5.41) is 18.8. The number of fused-ring (bicyclic) bond motifs is 1. The Kier molecular flexibility index (Phi) is 5.50. The molecule has 3 rings (SSSR count). The number of phenols is 1. The number of nitrogens with zero attached hydrogens (tertiary/aromatic N) is 1. The van der Waals surface area contributed by atoms with E-state index in [0.717, 1.165) is 6.07 Å². The molecule has 0 aliphatic carbocycles. The first-order chi connectivity index (χ1) is 13.5. The third-order valence-electron chi connectivity index (χ3n) is 4.26. The predicted molar refractivity (Wildman–Crippen MR) is 96.7 cm³/mol. The minimum absolute atomic E-state index is 0.0608. The predicted octanol–water partition coefficient (Wildman–Crippen LogP) is 1.65. The Labute approximate surface area is 163 Å². The van der Waals surface area contributed by atoms with Crippen molar-refractivity contribution in [2.24, 2.45) is 0 Å². The Hall–Kier alpha value is -2.73. The standard InChI is InChI=1S/C17H17F3N2O6S/c18-15-12-7-11(28-5-1-4-17(19,20)9-23)3-2-10(12)6-13(24)16(15)22-8-14(25)21-29(22,26)27/h2-3,6-7,23-24H,1,4-5,8-9H2,(H,21,25). The molecular formula is C17H17F3N2O6S. The fourth-order valence-electron chi connectivity index (χ4n) is 2.88. The SMILES string of the molecule is O=C1CN(c2c(O)cc3ccc(OCCCC(F)(F)CO)cc3c2F)S(=O)(=O)N1. The van der Waals surface area contributed by atoms with Gasteiger partial charge in [0.2, 0.25) is 0 Å². The van der Waals surface area contributed by atoms with Crippen LogP contribution < -0.4 is 13.8 Å². The van der Waals surface area contributed by atoms with Gasteiger partial charge in [-0.1, -0.05) is 6.07 Å². The summed E-state index contributed by atoms with van der Waals surface area (Å²) in [7, 11) is -4.34. The minimum atomic E-state index is -4.34. The quantitative estimate of drug-likeness (QED) is 0.571. The van der Waals surface area contributed by atoms with E-state index in [-0.39, 0.29) is 29.5 Å². The number of aliphatic hydroxyl groups is 1. The Morgan fingerprint density at radius 3 is 2.62 bits per heavy atom. The van der Waals surface area contributed by atoms with Gasteiger partial charge in [0, 0.05) is 11.8 Å². The van der Waals surface area contributed by atoms with Crippen molar-refractivity contribution < 1.29 is 41.3 Å². The molecule has 1 aliphatic rings. The number of aliphatic hydroxyl groups excluding tert-OH is 1. The molecule has 0 aromatic heterocycles. The van der Waals surface area contributed by atoms with Crippen LogP contribution in [0.1, 0.15) is 12.8 Å². The van der Waals surface area contributed by atoms with Gasteiger partial charge in [0.05, 0.1) is 6.61 Å². The number of ether oxygens (including phenoxy) is 1. The van der Waals surface area contributed by atoms with E-state index in [1.54, 1.807) is 4.72 Å². The maximum absolute atomic E-state index is 15.0. The number of phenolic OH excluding ortho intramolecular Hbond substituents is 1. The van der Waals surface area contributed by atoms with Crippen LogP contribution in [-0.2, 0) is 15.0 Å². The van der Waals surface area contributed by atoms with Crippen LogP contribution >= 0.6 is 0 Å². The molecule has 12 heteroatoms. The zero-order valence-electron chi connectivity index (χ0n) is 14.9. The number of alkyl halides is 2. The van der Waals surface area contributed by atoms with E-state index in [1.165, 1.54) is 18.2 Å². The van der Waals surface area contributed by atoms with Crippen molar-refractivity contribution in [3.8, 4) is 11.5 Å². The average Bonchev–Trinajstić information content (AvgIpc) is 2.91. The Balaban J connectivity index is 1.87. The van der Waals surface area contributed by atoms with Crippen LogP contribution in [0.5, 0.6) is 11.5 Å². The monoisotopic (exact) mass is 434 g/mol. The van der Waals surface area contributed by atoms with Gasteiger partial charge in [-0.15, -0.1) is 0 Å². The fraction of sp³-hybridized carbons (Fsp3) is 0.353. The van der Waals surface area contributed by atoms with Crippen molar-refractivity contribution in [3.63, 3.8) is 0 Å². The number of nitrogens with one attached hydrogen (secondary N) is 1. The van der Waals surface area contributed by atoms with Crippen molar-refractivity contribution in [2.45, 2.75) is 18.8 Å². The van der Waals surface area contributed by atoms with Crippen LogP contribution in [0.4, 0.5) is 18.9 Å². The molecule has 8 nitrogen and oxygen atoms in total. The first kappa shape index (κ1) is 21.0. The molecule has 0 atom stereocenters. The summed E-state index contributed by atoms with van der Waals surface area (Å²) < 4.78 is 72.4. The van der Waals surface area contributed by atoms with Crippen molar-refractivity contribution >= 4 is 32.6 Å². The first-order valence-electron chi connectivity index (χ1n) is 8.44. The lowest BCUT2D eigenvalue weighted by atomic mass is 10.1. The molecule has 29 heavy (non-hydrogen) atoms. The molecule has 2 aromatic carbocycles. The van der Waals surface area contributed by atoms with E-state index >= 15 is 4.39 Å². The van der Waals surface area contributed by atoms with Crippen LogP contribution in [0, 0.1) is 5.82 Å². The first-order valence-corrected chi connectivity index (χ1v) is 9.88. The van der Waals surface area contributed by atoms with E-state index in [9.17, 15) is 27.1 Å². The lowest BCUT2D eigenvalue weighted by Crippen LogP contribution is -2.30. The summed E-state index contributed by atoms with van der Waals surface area (Å²) in [6.07, 6.45) is -0.647. The highest BCUT2D eigenvalue weighted by atomic mass is 32.2. The second-order valence-corrected chi connectivity index (χ2v) is 8.04. The molecule has 1 saturated heterocycles. The summed E-state index contributed by atoms with van der Waals surface area (Å²) >= 11 is 0. The molecule has 0 unspecified atom stereocenters. The maximum Gasteiger partial charge on any atom is 0.326 e. The Morgan fingerprint density at radius 1 is 1.28 bits per heavy atom. The zero-order valence-corrected chi connectivity index (χ0v) is 15.7. The van der Waals surface area contributed by atoms with Crippen LogP contribution in [0.3, 0.4) is 0 Å². The molecule has 0 saturated carbocycles. The molecular weight excluding hydrogens is 417 g/mol. The number of aromatic hydroxyl groups is 1. The van der Waals surface area contributed by atoms with E-state index in [4.69, 9.17) is 9.84 Å². The summed E-state index contributed by atoms with van der Waals surface area (Å²) in [5.41, 5.74) is -0.685. The number of carbonyl (C=O) groups excluding carboxylic acids is 1. The molecule has 0 spiro atoms. The number of amides is 1. The van der Waals surface area contributed by atoms with Crippen LogP contribution in [0.2, 0.25) is 0 Å². The number of hydrogen-bond donors (Lipinski definition) is 3. The van der Waals surface area contributed by atoms with E-state index in [2.05, 4.69) is 0 Å². The number of rotatable bonds is 7. The van der Waals surface area contributed by atoms with Gasteiger partial charge in [-0.2, -0.15) is 8.42 Å². The third-order valence-corrected chi connectivity index (χ3v) is 5.64. The average molecular weight is 434 g/mol. The van der Waals surface area contributed by atoms with Crippen molar-refractivity contribution in [3.05, 3.63) is 30.1 Å². The van der Waals surface area contributed by atoms with Crippen LogP contribution in [-0.4, -0.2) is 50.2 Å². The topological polar surface area (TPSA) is 116 Å². The molecule has 1 heterocycles. The van der Waals surface area contributed by atoms with E-state index in [0.29, 0.717) is 4.31 Å². The molecule has 0 radical (unpaired) electrons. The van der Waals surface area contributed by atoms with E-state index in [1.807, 2.05) is 0 Å². The fourth-order valence-corrected chi connectivity index (χ4v) is 4.04. The third kappa shape index (κ3) is 4.32. The summed E-state index contributed by atoms with van der Waals surface area (Å²) in [6, 6.07) is 5.21. The molecule has 1 fully saturated rings. The Morgan fingerprint density at radius 2 is 2.00 bits per heavy atom. The number of halogens is 3. The highest BCUT2D eigenvalue weighted by Crippen LogP contribution is 2.39. The molecule has 1 aliphatic heterocycles. The highest BCUT2D eigenvalue weighted by Gasteiger charge is 2.37. The molecule has 3 N–H and O–H groups in total. The van der Waals surface area contributed by atoms with Gasteiger partial charge >= 0.3 is 10.2 Å². The molecule has 158 valence electrons. The maximum atomic E-state index is 15.0. The lowest BCUT2D eigenvalue weighted by molar-refractivity contribution is -0.117. The normalized spacial score (nSPS) is 16.3. The van der Waals surface area contributed by atoms with Gasteiger partial charge < -0.3 is 14.9 Å². The number of anilines is 1. The molecule has 2 aromatic rings. The zero-order chi connectivity index (χ0) is 21.4. The smallest absolute Gasteiger partial charge is 0.326 e. The van der Waals surface area contributed by atoms with Gasteiger partial charge in [-0.05, 0) is 30.0 Å². The molecule has 0 bridgehead atoms. The minimum Gasteiger partial charge on any atom is -0.506 e. The summed E-state index contributed by atoms with van der Waals surface area (Å²) in [4.78, 5) is 11.4.